The molecule has 5 unspecified atom stereocenters. The van der Waals surface area contributed by atoms with Gasteiger partial charge in [-0.3, -0.25) is 29.0 Å². The number of carbonyl (C=O) groups is 4. The smallest absolute Gasteiger partial charge is 0.233 e. The van der Waals surface area contributed by atoms with Gasteiger partial charge in [0, 0.05) is 13.1 Å². The zero-order valence-corrected chi connectivity index (χ0v) is 13.4. The van der Waals surface area contributed by atoms with Crippen LogP contribution in [0.15, 0.2) is 0 Å². The molecule has 4 aliphatic rings. The molecule has 0 aromatic rings. The molecule has 5 atom stereocenters. The Labute approximate surface area is 135 Å². The van der Waals surface area contributed by atoms with Crippen molar-refractivity contribution in [1.29, 1.82) is 0 Å². The van der Waals surface area contributed by atoms with Gasteiger partial charge in [-0.05, 0) is 32.1 Å². The van der Waals surface area contributed by atoms with Crippen LogP contribution in [0, 0.1) is 23.7 Å². The second-order valence-electron chi connectivity index (χ2n) is 7.46. The fraction of sp³-hybridized carbons (Fsp3) is 0.765. The highest BCUT2D eigenvalue weighted by Gasteiger charge is 2.54. The molecule has 6 heteroatoms. The van der Waals surface area contributed by atoms with Crippen LogP contribution in [-0.2, 0) is 19.2 Å². The number of likely N-dealkylation sites (tertiary alicyclic amines) is 2. The normalized spacial score (nSPS) is 40.7. The van der Waals surface area contributed by atoms with Crippen LogP contribution >= 0.6 is 0 Å². The summed E-state index contributed by atoms with van der Waals surface area (Å²) in [6.45, 7) is 0. The molecule has 2 heterocycles. The Morgan fingerprint density at radius 3 is 1.83 bits per heavy atom. The number of fused-ring (bicyclic) bond motifs is 2. The molecular formula is C17H22N2O4. The van der Waals surface area contributed by atoms with Gasteiger partial charge in [-0.25, -0.2) is 0 Å². The summed E-state index contributed by atoms with van der Waals surface area (Å²) in [6, 6.07) is -0.204. The number of rotatable bonds is 1. The lowest BCUT2D eigenvalue weighted by molar-refractivity contribution is -0.145. The summed E-state index contributed by atoms with van der Waals surface area (Å²) in [5.74, 6) is -1.21. The molecule has 0 N–H and O–H groups in total. The fourth-order valence-electron chi connectivity index (χ4n) is 5.11. The Balaban J connectivity index is 1.55. The molecule has 0 aromatic carbocycles. The van der Waals surface area contributed by atoms with Crippen molar-refractivity contribution in [1.82, 2.24) is 9.80 Å². The van der Waals surface area contributed by atoms with E-state index in [4.69, 9.17) is 0 Å². The maximum Gasteiger partial charge on any atom is 0.233 e. The zero-order valence-electron chi connectivity index (χ0n) is 13.4. The maximum absolute atomic E-state index is 12.7. The average molecular weight is 318 g/mol. The molecule has 4 amide bonds. The Morgan fingerprint density at radius 1 is 0.696 bits per heavy atom. The van der Waals surface area contributed by atoms with Gasteiger partial charge in [0.2, 0.25) is 23.6 Å². The van der Waals surface area contributed by atoms with E-state index in [1.807, 2.05) is 0 Å². The molecule has 6 nitrogen and oxygen atoms in total. The number of hydrogen-bond acceptors (Lipinski definition) is 4. The fourth-order valence-corrected chi connectivity index (χ4v) is 5.11. The monoisotopic (exact) mass is 318 g/mol. The van der Waals surface area contributed by atoms with E-state index in [1.54, 1.807) is 0 Å². The number of imide groups is 2. The summed E-state index contributed by atoms with van der Waals surface area (Å²) in [5.41, 5.74) is 0. The second kappa shape index (κ2) is 5.14. The zero-order chi connectivity index (χ0) is 16.3. The van der Waals surface area contributed by atoms with Crippen LogP contribution in [0.4, 0.5) is 0 Å². The van der Waals surface area contributed by atoms with Crippen molar-refractivity contribution in [3.05, 3.63) is 0 Å². The van der Waals surface area contributed by atoms with E-state index >= 15 is 0 Å². The van der Waals surface area contributed by atoms with Crippen LogP contribution in [0.1, 0.15) is 44.9 Å². The second-order valence-corrected chi connectivity index (χ2v) is 7.46. The van der Waals surface area contributed by atoms with Crippen LogP contribution in [-0.4, -0.2) is 46.5 Å². The van der Waals surface area contributed by atoms with Gasteiger partial charge in [0.25, 0.3) is 0 Å². The minimum absolute atomic E-state index is 0.0340. The van der Waals surface area contributed by atoms with E-state index in [0.717, 1.165) is 25.7 Å². The summed E-state index contributed by atoms with van der Waals surface area (Å²) in [6.07, 6.45) is 5.34. The van der Waals surface area contributed by atoms with Crippen LogP contribution in [0.3, 0.4) is 0 Å². The first-order valence-corrected chi connectivity index (χ1v) is 8.69. The molecule has 124 valence electrons. The highest BCUT2D eigenvalue weighted by Crippen LogP contribution is 2.44. The van der Waals surface area contributed by atoms with Gasteiger partial charge in [0.15, 0.2) is 0 Å². The van der Waals surface area contributed by atoms with Crippen LogP contribution in [0.5, 0.6) is 0 Å². The van der Waals surface area contributed by atoms with E-state index in [0.29, 0.717) is 19.3 Å². The lowest BCUT2D eigenvalue weighted by atomic mass is 9.78. The Morgan fingerprint density at radius 2 is 1.22 bits per heavy atom. The van der Waals surface area contributed by atoms with E-state index in [1.165, 1.54) is 16.8 Å². The summed E-state index contributed by atoms with van der Waals surface area (Å²) in [7, 11) is 1.53. The summed E-state index contributed by atoms with van der Waals surface area (Å²) >= 11 is 0. The standard InChI is InChI=1S/C17H22N2O4/c1-18-14(20)12-7-6-9(8-13(12)15(18)21)19-16(22)10-4-2-3-5-11(10)17(19)23/h9-13H,2-8H2,1H3. The van der Waals surface area contributed by atoms with E-state index < -0.39 is 0 Å². The van der Waals surface area contributed by atoms with Crippen molar-refractivity contribution in [2.45, 2.75) is 51.0 Å². The molecule has 2 aliphatic carbocycles. The number of carbonyl (C=O) groups excluding carboxylic acids is 4. The molecule has 4 fully saturated rings. The minimum Gasteiger partial charge on any atom is -0.285 e. The third-order valence-electron chi connectivity index (χ3n) is 6.36. The highest BCUT2D eigenvalue weighted by molar-refractivity contribution is 6.07. The number of amides is 4. The summed E-state index contributed by atoms with van der Waals surface area (Å²) in [5, 5.41) is 0. The number of nitrogens with zero attached hydrogens (tertiary/aromatic N) is 2. The number of hydrogen-bond donors (Lipinski definition) is 0. The van der Waals surface area contributed by atoms with Crippen LogP contribution in [0.2, 0.25) is 0 Å². The summed E-state index contributed by atoms with van der Waals surface area (Å²) in [4.78, 5) is 52.4. The van der Waals surface area contributed by atoms with E-state index in [2.05, 4.69) is 0 Å². The SMILES string of the molecule is CN1C(=O)C2CCC(N3C(=O)C4CCCCC4C3=O)CC2C1=O. The molecule has 2 saturated heterocycles. The van der Waals surface area contributed by atoms with Crippen molar-refractivity contribution in [3.8, 4) is 0 Å². The van der Waals surface area contributed by atoms with Crippen LogP contribution in [0.25, 0.3) is 0 Å². The Kier molecular flexibility index (Phi) is 3.32. The first-order chi connectivity index (χ1) is 11.0. The van der Waals surface area contributed by atoms with Crippen molar-refractivity contribution in [2.75, 3.05) is 7.05 Å². The van der Waals surface area contributed by atoms with Gasteiger partial charge in [0.1, 0.15) is 0 Å². The molecule has 2 aliphatic heterocycles. The van der Waals surface area contributed by atoms with Crippen LogP contribution < -0.4 is 0 Å². The maximum atomic E-state index is 12.7. The van der Waals surface area contributed by atoms with Crippen molar-refractivity contribution >= 4 is 23.6 Å². The van der Waals surface area contributed by atoms with Gasteiger partial charge in [-0.2, -0.15) is 0 Å². The molecule has 4 rings (SSSR count). The van der Waals surface area contributed by atoms with Gasteiger partial charge >= 0.3 is 0 Å². The highest BCUT2D eigenvalue weighted by atomic mass is 16.2. The topological polar surface area (TPSA) is 74.8 Å². The first-order valence-electron chi connectivity index (χ1n) is 8.69. The molecule has 23 heavy (non-hydrogen) atoms. The van der Waals surface area contributed by atoms with Crippen molar-refractivity contribution in [3.63, 3.8) is 0 Å². The predicted octanol–water partition coefficient (Wildman–Crippen LogP) is 0.945. The molecule has 0 spiro atoms. The molecule has 0 bridgehead atoms. The third kappa shape index (κ3) is 2.00. The Bertz CT molecular complexity index is 577. The van der Waals surface area contributed by atoms with Crippen molar-refractivity contribution in [2.24, 2.45) is 23.7 Å². The van der Waals surface area contributed by atoms with Gasteiger partial charge in [-0.1, -0.05) is 12.8 Å². The molecule has 2 saturated carbocycles. The average Bonchev–Trinajstić information content (AvgIpc) is 2.95. The molecule has 0 radical (unpaired) electrons. The lowest BCUT2D eigenvalue weighted by Gasteiger charge is -2.34. The largest absolute Gasteiger partial charge is 0.285 e. The predicted molar refractivity (Wildman–Crippen MR) is 79.7 cm³/mol. The van der Waals surface area contributed by atoms with E-state index in [9.17, 15) is 19.2 Å². The van der Waals surface area contributed by atoms with Gasteiger partial charge < -0.3 is 0 Å². The lowest BCUT2D eigenvalue weighted by Crippen LogP contribution is -2.45. The quantitative estimate of drug-likeness (QED) is 0.675. The van der Waals surface area contributed by atoms with Crippen molar-refractivity contribution < 1.29 is 19.2 Å². The minimum atomic E-state index is -0.352. The van der Waals surface area contributed by atoms with Gasteiger partial charge in [0.05, 0.1) is 23.7 Å². The molecule has 0 aromatic heterocycles. The third-order valence-corrected chi connectivity index (χ3v) is 6.36. The molecular weight excluding hydrogens is 296 g/mol. The van der Waals surface area contributed by atoms with Gasteiger partial charge in [-0.15, -0.1) is 0 Å². The Hall–Kier alpha value is -1.72. The first kappa shape index (κ1) is 14.8. The summed E-state index contributed by atoms with van der Waals surface area (Å²) < 4.78 is 0. The van der Waals surface area contributed by atoms with E-state index in [-0.39, 0.29) is 53.3 Å².